The zero-order valence-corrected chi connectivity index (χ0v) is 14.1. The quantitative estimate of drug-likeness (QED) is 0.391. The summed E-state index contributed by atoms with van der Waals surface area (Å²) in [6.45, 7) is 8.52. The lowest BCUT2D eigenvalue weighted by Crippen LogP contribution is -2.59. The number of nitrogens with zero attached hydrogens (tertiary/aromatic N) is 1. The van der Waals surface area contributed by atoms with Crippen LogP contribution < -0.4 is 5.48 Å². The third-order valence-electron chi connectivity index (χ3n) is 5.01. The minimum atomic E-state index is -0.918. The summed E-state index contributed by atoms with van der Waals surface area (Å²) in [5, 5.41) is 26.8. The lowest BCUT2D eigenvalue weighted by Gasteiger charge is -2.52. The van der Waals surface area contributed by atoms with Crippen LogP contribution in [0.25, 0.3) is 0 Å². The van der Waals surface area contributed by atoms with Crippen LogP contribution in [-0.2, 0) is 12.0 Å². The number of hydrogen-bond donors (Lipinski definition) is 4. The first-order valence-corrected chi connectivity index (χ1v) is 7.90. The lowest BCUT2D eigenvalue weighted by atomic mass is 9.66. The molecular formula is C17H25N3O3. The largest absolute Gasteiger partial charge is 0.465 e. The van der Waals surface area contributed by atoms with Gasteiger partial charge in [-0.2, -0.15) is 0 Å². The van der Waals surface area contributed by atoms with Crippen LogP contribution in [0.5, 0.6) is 0 Å². The van der Waals surface area contributed by atoms with Gasteiger partial charge in [-0.05, 0) is 29.4 Å². The van der Waals surface area contributed by atoms with Crippen molar-refractivity contribution in [1.29, 1.82) is 5.41 Å². The molecule has 0 saturated carbocycles. The second-order valence-electron chi connectivity index (χ2n) is 6.64. The van der Waals surface area contributed by atoms with Crippen LogP contribution in [0.2, 0.25) is 0 Å². The SMILES string of the molecule is CC(C)C1(C(C)C)c2cccc(C(=N)NO)c2CCN1C(=O)O. The third kappa shape index (κ3) is 2.47. The van der Waals surface area contributed by atoms with Crippen molar-refractivity contribution in [2.45, 2.75) is 39.7 Å². The monoisotopic (exact) mass is 319 g/mol. The fourth-order valence-electron chi connectivity index (χ4n) is 4.25. The molecule has 4 N–H and O–H groups in total. The fraction of sp³-hybridized carbons (Fsp3) is 0.529. The van der Waals surface area contributed by atoms with Gasteiger partial charge in [0.25, 0.3) is 0 Å². The molecule has 6 nitrogen and oxygen atoms in total. The molecule has 1 aromatic carbocycles. The molecule has 2 rings (SSSR count). The molecule has 1 aliphatic heterocycles. The molecule has 1 aliphatic rings. The first-order chi connectivity index (χ1) is 10.8. The molecule has 0 spiro atoms. The second-order valence-corrected chi connectivity index (χ2v) is 6.64. The van der Waals surface area contributed by atoms with Crippen molar-refractivity contribution in [3.63, 3.8) is 0 Å². The van der Waals surface area contributed by atoms with Crippen molar-refractivity contribution in [3.8, 4) is 0 Å². The van der Waals surface area contributed by atoms with Crippen molar-refractivity contribution in [1.82, 2.24) is 10.4 Å². The van der Waals surface area contributed by atoms with Crippen molar-refractivity contribution >= 4 is 11.9 Å². The van der Waals surface area contributed by atoms with Gasteiger partial charge in [0.15, 0.2) is 0 Å². The number of amidine groups is 1. The Labute approximate surface area is 136 Å². The normalized spacial score (nSPS) is 16.4. The van der Waals surface area contributed by atoms with Crippen LogP contribution in [0.4, 0.5) is 4.79 Å². The van der Waals surface area contributed by atoms with Crippen molar-refractivity contribution in [2.24, 2.45) is 11.8 Å². The molecule has 1 heterocycles. The Kier molecular flexibility index (Phi) is 4.66. The highest BCUT2D eigenvalue weighted by Crippen LogP contribution is 2.47. The van der Waals surface area contributed by atoms with E-state index in [2.05, 4.69) is 0 Å². The number of hydroxylamine groups is 1. The van der Waals surface area contributed by atoms with Gasteiger partial charge in [0.2, 0.25) is 0 Å². The summed E-state index contributed by atoms with van der Waals surface area (Å²) >= 11 is 0. The van der Waals surface area contributed by atoms with E-state index in [0.29, 0.717) is 18.5 Å². The van der Waals surface area contributed by atoms with E-state index < -0.39 is 11.6 Å². The van der Waals surface area contributed by atoms with E-state index in [1.165, 1.54) is 0 Å². The van der Waals surface area contributed by atoms with Crippen LogP contribution >= 0.6 is 0 Å². The molecule has 126 valence electrons. The van der Waals surface area contributed by atoms with E-state index in [1.807, 2.05) is 45.3 Å². The highest BCUT2D eigenvalue weighted by Gasteiger charge is 2.50. The average molecular weight is 319 g/mol. The van der Waals surface area contributed by atoms with E-state index in [4.69, 9.17) is 10.6 Å². The minimum absolute atomic E-state index is 0.0629. The Morgan fingerprint density at radius 2 is 1.91 bits per heavy atom. The molecular weight excluding hydrogens is 294 g/mol. The average Bonchev–Trinajstić information content (AvgIpc) is 2.51. The molecule has 0 saturated heterocycles. The fourth-order valence-corrected chi connectivity index (χ4v) is 4.25. The smallest absolute Gasteiger partial charge is 0.408 e. The van der Waals surface area contributed by atoms with Crippen molar-refractivity contribution in [3.05, 3.63) is 34.9 Å². The lowest BCUT2D eigenvalue weighted by molar-refractivity contribution is 0.000498. The van der Waals surface area contributed by atoms with Gasteiger partial charge in [-0.1, -0.05) is 45.9 Å². The number of carbonyl (C=O) groups is 1. The van der Waals surface area contributed by atoms with Gasteiger partial charge in [0.05, 0.1) is 5.54 Å². The van der Waals surface area contributed by atoms with Crippen LogP contribution in [0.1, 0.15) is 44.4 Å². The number of hydrogen-bond acceptors (Lipinski definition) is 3. The maximum Gasteiger partial charge on any atom is 0.408 e. The number of carboxylic acid groups (broad SMARTS) is 1. The zero-order valence-electron chi connectivity index (χ0n) is 14.1. The van der Waals surface area contributed by atoms with E-state index in [9.17, 15) is 9.90 Å². The highest BCUT2D eigenvalue weighted by molar-refractivity contribution is 5.97. The molecule has 0 aliphatic carbocycles. The van der Waals surface area contributed by atoms with Crippen LogP contribution in [0.15, 0.2) is 18.2 Å². The molecule has 0 bridgehead atoms. The second kappa shape index (κ2) is 6.20. The van der Waals surface area contributed by atoms with Crippen LogP contribution in [-0.4, -0.2) is 33.7 Å². The van der Waals surface area contributed by atoms with Gasteiger partial charge in [-0.3, -0.25) is 21.0 Å². The first kappa shape index (κ1) is 17.3. The third-order valence-corrected chi connectivity index (χ3v) is 5.01. The van der Waals surface area contributed by atoms with Crippen molar-refractivity contribution in [2.75, 3.05) is 6.54 Å². The molecule has 0 unspecified atom stereocenters. The van der Waals surface area contributed by atoms with Gasteiger partial charge in [-0.15, -0.1) is 0 Å². The number of benzene rings is 1. The summed E-state index contributed by atoms with van der Waals surface area (Å²) in [6.07, 6.45) is -0.387. The van der Waals surface area contributed by atoms with Gasteiger partial charge in [0, 0.05) is 12.1 Å². The molecule has 23 heavy (non-hydrogen) atoms. The molecule has 0 aromatic heterocycles. The van der Waals surface area contributed by atoms with Crippen LogP contribution in [0, 0.1) is 17.2 Å². The van der Waals surface area contributed by atoms with Crippen LogP contribution in [0.3, 0.4) is 0 Å². The van der Waals surface area contributed by atoms with Gasteiger partial charge < -0.3 is 5.11 Å². The Morgan fingerprint density at radius 3 is 2.39 bits per heavy atom. The topological polar surface area (TPSA) is 96.7 Å². The summed E-state index contributed by atoms with van der Waals surface area (Å²) in [7, 11) is 0. The summed E-state index contributed by atoms with van der Waals surface area (Å²) < 4.78 is 0. The van der Waals surface area contributed by atoms with E-state index in [1.54, 1.807) is 11.0 Å². The first-order valence-electron chi connectivity index (χ1n) is 7.90. The molecule has 0 radical (unpaired) electrons. The Bertz CT molecular complexity index is 618. The molecule has 1 aromatic rings. The Morgan fingerprint density at radius 1 is 1.30 bits per heavy atom. The number of rotatable bonds is 3. The predicted molar refractivity (Wildman–Crippen MR) is 88.0 cm³/mol. The summed E-state index contributed by atoms with van der Waals surface area (Å²) in [5.41, 5.74) is 3.76. The number of fused-ring (bicyclic) bond motifs is 1. The Balaban J connectivity index is 2.78. The highest BCUT2D eigenvalue weighted by atomic mass is 16.5. The number of nitrogens with one attached hydrogen (secondary N) is 2. The minimum Gasteiger partial charge on any atom is -0.465 e. The number of amides is 1. The predicted octanol–water partition coefficient (Wildman–Crippen LogP) is 3.03. The van der Waals surface area contributed by atoms with Crippen molar-refractivity contribution < 1.29 is 15.1 Å². The summed E-state index contributed by atoms with van der Waals surface area (Å²) in [4.78, 5) is 13.4. The molecule has 0 atom stereocenters. The molecule has 6 heteroatoms. The van der Waals surface area contributed by atoms with Gasteiger partial charge >= 0.3 is 6.09 Å². The van der Waals surface area contributed by atoms with Gasteiger partial charge in [-0.25, -0.2) is 4.79 Å². The van der Waals surface area contributed by atoms with E-state index in [-0.39, 0.29) is 17.7 Å². The maximum absolute atomic E-state index is 11.9. The maximum atomic E-state index is 11.9. The van der Waals surface area contributed by atoms with E-state index in [0.717, 1.165) is 11.1 Å². The van der Waals surface area contributed by atoms with E-state index >= 15 is 0 Å². The standard InChI is InChI=1S/C17H25N3O3/c1-10(2)17(11(3)4)14-7-5-6-13(15(18)19-23)12(14)8-9-20(17)16(21)22/h5-7,10-11,23H,8-9H2,1-4H3,(H2,18,19)(H,21,22). The summed E-state index contributed by atoms with van der Waals surface area (Å²) in [5.74, 6) is 0.0837. The molecule has 0 fully saturated rings. The van der Waals surface area contributed by atoms with Gasteiger partial charge in [0.1, 0.15) is 5.84 Å². The Hall–Kier alpha value is -2.08. The zero-order chi connectivity index (χ0) is 17.4. The summed E-state index contributed by atoms with van der Waals surface area (Å²) in [6, 6.07) is 5.57. The molecule has 1 amide bonds.